The van der Waals surface area contributed by atoms with E-state index in [9.17, 15) is 4.79 Å². The van der Waals surface area contributed by atoms with Crippen LogP contribution >= 0.6 is 0 Å². The third-order valence-corrected chi connectivity index (χ3v) is 1.94. The molecule has 2 heteroatoms. The summed E-state index contributed by atoms with van der Waals surface area (Å²) in [5.41, 5.74) is 0. The lowest BCUT2D eigenvalue weighted by Crippen LogP contribution is -2.24. The largest absolute Gasteiger partial charge is 0.462 e. The van der Waals surface area contributed by atoms with Crippen molar-refractivity contribution in [2.24, 2.45) is 5.92 Å². The van der Waals surface area contributed by atoms with Crippen molar-refractivity contribution in [3.8, 4) is 0 Å². The van der Waals surface area contributed by atoms with Gasteiger partial charge < -0.3 is 4.74 Å². The van der Waals surface area contributed by atoms with Crippen LogP contribution in [0.4, 0.5) is 0 Å². The fourth-order valence-electron chi connectivity index (χ4n) is 1.47. The molecule has 11 heavy (non-hydrogen) atoms. The van der Waals surface area contributed by atoms with Crippen LogP contribution in [-0.4, -0.2) is 12.1 Å². The van der Waals surface area contributed by atoms with Crippen LogP contribution in [-0.2, 0) is 9.53 Å². The number of hydrogen-bond acceptors (Lipinski definition) is 2. The van der Waals surface area contributed by atoms with E-state index in [1.807, 2.05) is 0 Å². The number of cyclic esters (lactones) is 1. The minimum atomic E-state index is -0.0121. The predicted molar refractivity (Wildman–Crippen MR) is 43.2 cm³/mol. The Bertz CT molecular complexity index is 140. The van der Waals surface area contributed by atoms with Crippen molar-refractivity contribution in [2.45, 2.75) is 45.6 Å². The number of esters is 1. The van der Waals surface area contributed by atoms with Gasteiger partial charge in [0.15, 0.2) is 0 Å². The Balaban J connectivity index is 2.28. The maximum atomic E-state index is 10.8. The summed E-state index contributed by atoms with van der Waals surface area (Å²) in [6.07, 6.45) is 3.91. The number of hydrogen-bond donors (Lipinski definition) is 0. The zero-order valence-electron chi connectivity index (χ0n) is 7.30. The van der Waals surface area contributed by atoms with Crippen molar-refractivity contribution in [2.75, 3.05) is 0 Å². The van der Waals surface area contributed by atoms with Gasteiger partial charge in [-0.3, -0.25) is 4.79 Å². The Morgan fingerprint density at radius 1 is 1.64 bits per heavy atom. The molecule has 2 nitrogen and oxygen atoms in total. The number of carbonyl (C=O) groups excluding carboxylic acids is 1. The first-order valence-electron chi connectivity index (χ1n) is 4.38. The van der Waals surface area contributed by atoms with Gasteiger partial charge in [0.25, 0.3) is 0 Å². The lowest BCUT2D eigenvalue weighted by atomic mass is 9.99. The van der Waals surface area contributed by atoms with Gasteiger partial charge in [0.1, 0.15) is 6.10 Å². The van der Waals surface area contributed by atoms with Gasteiger partial charge in [-0.05, 0) is 25.2 Å². The number of ether oxygens (including phenoxy) is 1. The highest BCUT2D eigenvalue weighted by atomic mass is 16.5. The molecule has 0 amide bonds. The van der Waals surface area contributed by atoms with Crippen molar-refractivity contribution in [3.05, 3.63) is 0 Å². The van der Waals surface area contributed by atoms with Gasteiger partial charge >= 0.3 is 5.97 Å². The molecular formula is C9H16O2. The van der Waals surface area contributed by atoms with Crippen molar-refractivity contribution in [3.63, 3.8) is 0 Å². The molecule has 0 unspecified atom stereocenters. The summed E-state index contributed by atoms with van der Waals surface area (Å²) in [5.74, 6) is 0.618. The molecule has 0 aromatic heterocycles. The number of carbonyl (C=O) groups is 1. The van der Waals surface area contributed by atoms with E-state index in [0.717, 1.165) is 19.3 Å². The molecule has 0 saturated carbocycles. The van der Waals surface area contributed by atoms with Crippen LogP contribution in [0.5, 0.6) is 0 Å². The zero-order chi connectivity index (χ0) is 8.27. The van der Waals surface area contributed by atoms with Crippen LogP contribution in [0.1, 0.15) is 39.5 Å². The fourth-order valence-corrected chi connectivity index (χ4v) is 1.47. The van der Waals surface area contributed by atoms with E-state index in [2.05, 4.69) is 13.8 Å². The van der Waals surface area contributed by atoms with Crippen LogP contribution in [0.25, 0.3) is 0 Å². The van der Waals surface area contributed by atoms with E-state index >= 15 is 0 Å². The first-order valence-corrected chi connectivity index (χ1v) is 4.38. The smallest absolute Gasteiger partial charge is 0.306 e. The average Bonchev–Trinajstić information content (AvgIpc) is 1.85. The Labute approximate surface area is 67.9 Å². The van der Waals surface area contributed by atoms with Gasteiger partial charge in [-0.25, -0.2) is 0 Å². The quantitative estimate of drug-likeness (QED) is 0.572. The van der Waals surface area contributed by atoms with Crippen molar-refractivity contribution in [1.82, 2.24) is 0 Å². The van der Waals surface area contributed by atoms with Gasteiger partial charge in [0.05, 0.1) is 0 Å². The molecule has 1 heterocycles. The Kier molecular flexibility index (Phi) is 2.92. The summed E-state index contributed by atoms with van der Waals surface area (Å²) in [6.45, 7) is 4.31. The molecule has 0 aliphatic carbocycles. The summed E-state index contributed by atoms with van der Waals surface area (Å²) in [5, 5.41) is 0. The molecule has 1 fully saturated rings. The molecule has 1 rings (SSSR count). The third-order valence-electron chi connectivity index (χ3n) is 1.94. The molecule has 0 aromatic rings. The van der Waals surface area contributed by atoms with Gasteiger partial charge in [-0.15, -0.1) is 0 Å². The van der Waals surface area contributed by atoms with E-state index in [4.69, 9.17) is 4.74 Å². The second-order valence-corrected chi connectivity index (χ2v) is 3.63. The molecule has 0 spiro atoms. The highest BCUT2D eigenvalue weighted by molar-refractivity contribution is 5.70. The highest BCUT2D eigenvalue weighted by Gasteiger charge is 2.20. The normalized spacial score (nSPS) is 25.4. The summed E-state index contributed by atoms with van der Waals surface area (Å²) >= 11 is 0. The van der Waals surface area contributed by atoms with Crippen LogP contribution < -0.4 is 0 Å². The van der Waals surface area contributed by atoms with Gasteiger partial charge in [0.2, 0.25) is 0 Å². The van der Waals surface area contributed by atoms with Crippen LogP contribution in [0.2, 0.25) is 0 Å². The molecular weight excluding hydrogens is 140 g/mol. The second-order valence-electron chi connectivity index (χ2n) is 3.63. The molecule has 0 aromatic carbocycles. The summed E-state index contributed by atoms with van der Waals surface area (Å²) in [6, 6.07) is 0. The predicted octanol–water partition coefficient (Wildman–Crippen LogP) is 2.13. The standard InChI is InChI=1S/C9H16O2/c1-7(2)6-8-4-3-5-9(10)11-8/h7-8H,3-6H2,1-2H3/t8-/m1/s1. The number of rotatable bonds is 2. The molecule has 1 aliphatic heterocycles. The Morgan fingerprint density at radius 2 is 2.36 bits per heavy atom. The van der Waals surface area contributed by atoms with Gasteiger partial charge in [0, 0.05) is 6.42 Å². The molecule has 64 valence electrons. The van der Waals surface area contributed by atoms with Crippen LogP contribution in [0.15, 0.2) is 0 Å². The van der Waals surface area contributed by atoms with E-state index in [0.29, 0.717) is 12.3 Å². The van der Waals surface area contributed by atoms with E-state index < -0.39 is 0 Å². The summed E-state index contributed by atoms with van der Waals surface area (Å²) in [7, 11) is 0. The molecule has 0 bridgehead atoms. The maximum absolute atomic E-state index is 10.8. The highest BCUT2D eigenvalue weighted by Crippen LogP contribution is 2.19. The van der Waals surface area contributed by atoms with Crippen molar-refractivity contribution in [1.29, 1.82) is 0 Å². The summed E-state index contributed by atoms with van der Waals surface area (Å²) in [4.78, 5) is 10.8. The van der Waals surface area contributed by atoms with Gasteiger partial charge in [-0.1, -0.05) is 13.8 Å². The third kappa shape index (κ3) is 2.91. The molecule has 1 atom stereocenters. The van der Waals surface area contributed by atoms with E-state index in [1.165, 1.54) is 0 Å². The minimum absolute atomic E-state index is 0.0121. The zero-order valence-corrected chi connectivity index (χ0v) is 7.30. The topological polar surface area (TPSA) is 26.3 Å². The van der Waals surface area contributed by atoms with Gasteiger partial charge in [-0.2, -0.15) is 0 Å². The SMILES string of the molecule is CC(C)C[C@H]1CCCC(=O)O1. The fraction of sp³-hybridized carbons (Fsp3) is 0.889. The van der Waals surface area contributed by atoms with Crippen molar-refractivity contribution < 1.29 is 9.53 Å². The molecule has 1 saturated heterocycles. The van der Waals surface area contributed by atoms with Crippen LogP contribution in [0.3, 0.4) is 0 Å². The van der Waals surface area contributed by atoms with Crippen molar-refractivity contribution >= 4 is 5.97 Å². The lowest BCUT2D eigenvalue weighted by molar-refractivity contribution is -0.154. The Morgan fingerprint density at radius 3 is 2.91 bits per heavy atom. The van der Waals surface area contributed by atoms with E-state index in [-0.39, 0.29) is 12.1 Å². The molecule has 1 aliphatic rings. The molecule has 0 radical (unpaired) electrons. The minimum Gasteiger partial charge on any atom is -0.462 e. The monoisotopic (exact) mass is 156 g/mol. The Hall–Kier alpha value is -0.530. The maximum Gasteiger partial charge on any atom is 0.306 e. The second kappa shape index (κ2) is 3.74. The average molecular weight is 156 g/mol. The lowest BCUT2D eigenvalue weighted by Gasteiger charge is -2.23. The van der Waals surface area contributed by atoms with E-state index in [1.54, 1.807) is 0 Å². The molecule has 0 N–H and O–H groups in total. The summed E-state index contributed by atoms with van der Waals surface area (Å²) < 4.78 is 5.16. The first kappa shape index (κ1) is 8.57. The van der Waals surface area contributed by atoms with Crippen LogP contribution in [0, 0.1) is 5.92 Å². The first-order chi connectivity index (χ1) is 5.18.